The van der Waals surface area contributed by atoms with E-state index in [4.69, 9.17) is 10.5 Å². The molecule has 100 valence electrons. The van der Waals surface area contributed by atoms with E-state index >= 15 is 0 Å². The Labute approximate surface area is 111 Å². The molecule has 0 saturated carbocycles. The van der Waals surface area contributed by atoms with E-state index in [2.05, 4.69) is 15.3 Å². The van der Waals surface area contributed by atoms with Gasteiger partial charge in [0.25, 0.3) is 0 Å². The molecule has 4 N–H and O–H groups in total. The van der Waals surface area contributed by atoms with Crippen LogP contribution in [0.5, 0.6) is 5.75 Å². The molecule has 0 saturated heterocycles. The van der Waals surface area contributed by atoms with E-state index in [9.17, 15) is 4.79 Å². The SMILES string of the molecule is COc1cccc(NC(=O)[C@@H](N)Cc2cnc[nH]2)c1. The van der Waals surface area contributed by atoms with E-state index in [0.717, 1.165) is 5.69 Å². The van der Waals surface area contributed by atoms with Crippen molar-refractivity contribution in [2.45, 2.75) is 12.5 Å². The first-order valence-electron chi connectivity index (χ1n) is 5.87. The molecule has 1 aromatic heterocycles. The lowest BCUT2D eigenvalue weighted by molar-refractivity contribution is -0.117. The van der Waals surface area contributed by atoms with Crippen LogP contribution in [-0.2, 0) is 11.2 Å². The number of rotatable bonds is 5. The molecule has 0 radical (unpaired) electrons. The van der Waals surface area contributed by atoms with Gasteiger partial charge in [0.15, 0.2) is 0 Å². The van der Waals surface area contributed by atoms with E-state index in [-0.39, 0.29) is 5.91 Å². The first-order valence-corrected chi connectivity index (χ1v) is 5.87. The molecule has 1 atom stereocenters. The van der Waals surface area contributed by atoms with Crippen LogP contribution in [0, 0.1) is 0 Å². The highest BCUT2D eigenvalue weighted by molar-refractivity contribution is 5.94. The number of carbonyl (C=O) groups excluding carboxylic acids is 1. The summed E-state index contributed by atoms with van der Waals surface area (Å²) in [6.07, 6.45) is 3.62. The Morgan fingerprint density at radius 1 is 1.58 bits per heavy atom. The molecule has 0 aliphatic rings. The lowest BCUT2D eigenvalue weighted by Gasteiger charge is -2.12. The molecule has 0 fully saturated rings. The average molecular weight is 260 g/mol. The largest absolute Gasteiger partial charge is 0.497 e. The van der Waals surface area contributed by atoms with Crippen LogP contribution in [-0.4, -0.2) is 29.0 Å². The minimum atomic E-state index is -0.633. The summed E-state index contributed by atoms with van der Waals surface area (Å²) < 4.78 is 5.09. The van der Waals surface area contributed by atoms with Crippen molar-refractivity contribution in [2.75, 3.05) is 12.4 Å². The molecule has 0 spiro atoms. The number of nitrogens with zero attached hydrogens (tertiary/aromatic N) is 1. The Kier molecular flexibility index (Phi) is 4.15. The van der Waals surface area contributed by atoms with Crippen molar-refractivity contribution in [3.63, 3.8) is 0 Å². The maximum absolute atomic E-state index is 11.9. The Bertz CT molecular complexity index is 539. The van der Waals surface area contributed by atoms with E-state index in [1.807, 2.05) is 0 Å². The van der Waals surface area contributed by atoms with E-state index < -0.39 is 6.04 Å². The van der Waals surface area contributed by atoms with Gasteiger partial charge in [-0.05, 0) is 12.1 Å². The third-order valence-electron chi connectivity index (χ3n) is 2.67. The molecule has 19 heavy (non-hydrogen) atoms. The Morgan fingerprint density at radius 3 is 3.11 bits per heavy atom. The molecule has 0 aliphatic carbocycles. The van der Waals surface area contributed by atoms with Crippen LogP contribution in [0.25, 0.3) is 0 Å². The van der Waals surface area contributed by atoms with Gasteiger partial charge in [-0.15, -0.1) is 0 Å². The maximum Gasteiger partial charge on any atom is 0.241 e. The van der Waals surface area contributed by atoms with Gasteiger partial charge in [-0.3, -0.25) is 4.79 Å². The minimum absolute atomic E-state index is 0.247. The van der Waals surface area contributed by atoms with Crippen molar-refractivity contribution in [3.05, 3.63) is 42.5 Å². The zero-order valence-corrected chi connectivity index (χ0v) is 10.6. The normalized spacial score (nSPS) is 11.9. The van der Waals surface area contributed by atoms with Crippen LogP contribution in [0.4, 0.5) is 5.69 Å². The standard InChI is InChI=1S/C13H16N4O2/c1-19-11-4-2-3-9(5-11)17-13(18)12(14)6-10-7-15-8-16-10/h2-5,7-8,12H,6,14H2,1H3,(H,15,16)(H,17,18)/t12-/m0/s1. The number of imidazole rings is 1. The molecule has 1 amide bonds. The number of nitrogens with two attached hydrogens (primary N) is 1. The first-order chi connectivity index (χ1) is 9.19. The van der Waals surface area contributed by atoms with Gasteiger partial charge in [-0.2, -0.15) is 0 Å². The van der Waals surface area contributed by atoms with Crippen molar-refractivity contribution in [1.29, 1.82) is 0 Å². The summed E-state index contributed by atoms with van der Waals surface area (Å²) in [6, 6.07) is 6.49. The summed E-state index contributed by atoms with van der Waals surface area (Å²) in [5.41, 5.74) is 7.32. The fraction of sp³-hybridized carbons (Fsp3) is 0.231. The molecular weight excluding hydrogens is 244 g/mol. The summed E-state index contributed by atoms with van der Waals surface area (Å²) in [6.45, 7) is 0. The second-order valence-corrected chi connectivity index (χ2v) is 4.11. The molecule has 1 heterocycles. The van der Waals surface area contributed by atoms with Crippen molar-refractivity contribution in [3.8, 4) is 5.75 Å². The maximum atomic E-state index is 11.9. The molecule has 0 aliphatic heterocycles. The first kappa shape index (κ1) is 13.1. The summed E-state index contributed by atoms with van der Waals surface area (Å²) in [5, 5.41) is 2.75. The van der Waals surface area contributed by atoms with Crippen molar-refractivity contribution in [1.82, 2.24) is 9.97 Å². The van der Waals surface area contributed by atoms with Crippen LogP contribution in [0.1, 0.15) is 5.69 Å². The fourth-order valence-corrected chi connectivity index (χ4v) is 1.66. The van der Waals surface area contributed by atoms with Gasteiger partial charge in [0.2, 0.25) is 5.91 Å². The number of nitrogens with one attached hydrogen (secondary N) is 2. The third kappa shape index (κ3) is 3.56. The number of benzene rings is 1. The lowest BCUT2D eigenvalue weighted by atomic mass is 10.1. The predicted molar refractivity (Wildman–Crippen MR) is 71.9 cm³/mol. The second kappa shape index (κ2) is 6.01. The van der Waals surface area contributed by atoms with E-state index in [1.165, 1.54) is 0 Å². The number of amides is 1. The highest BCUT2D eigenvalue weighted by Gasteiger charge is 2.15. The molecule has 6 heteroatoms. The van der Waals surface area contributed by atoms with Crippen LogP contribution < -0.4 is 15.8 Å². The summed E-state index contributed by atoms with van der Waals surface area (Å²) in [5.74, 6) is 0.433. The molecule has 2 aromatic rings. The number of methoxy groups -OCH3 is 1. The number of hydrogen-bond donors (Lipinski definition) is 3. The number of anilines is 1. The Hall–Kier alpha value is -2.34. The highest BCUT2D eigenvalue weighted by Crippen LogP contribution is 2.16. The monoisotopic (exact) mass is 260 g/mol. The van der Waals surface area contributed by atoms with Gasteiger partial charge in [-0.1, -0.05) is 6.07 Å². The van der Waals surface area contributed by atoms with Gasteiger partial charge in [0.05, 0.1) is 19.5 Å². The molecule has 0 bridgehead atoms. The summed E-state index contributed by atoms with van der Waals surface area (Å²) in [4.78, 5) is 18.7. The number of aromatic amines is 1. The Balaban J connectivity index is 1.96. The summed E-state index contributed by atoms with van der Waals surface area (Å²) >= 11 is 0. The molecule has 0 unspecified atom stereocenters. The smallest absolute Gasteiger partial charge is 0.241 e. The van der Waals surface area contributed by atoms with E-state index in [1.54, 1.807) is 43.9 Å². The fourth-order valence-electron chi connectivity index (χ4n) is 1.66. The number of ether oxygens (including phenoxy) is 1. The number of aromatic nitrogens is 2. The van der Waals surface area contributed by atoms with Crippen LogP contribution >= 0.6 is 0 Å². The van der Waals surface area contributed by atoms with Crippen LogP contribution in [0.2, 0.25) is 0 Å². The van der Waals surface area contributed by atoms with Gasteiger partial charge < -0.3 is 20.8 Å². The molecule has 1 aromatic carbocycles. The minimum Gasteiger partial charge on any atom is -0.497 e. The van der Waals surface area contributed by atoms with Gasteiger partial charge in [0.1, 0.15) is 5.75 Å². The molecule has 2 rings (SSSR count). The van der Waals surface area contributed by atoms with Crippen molar-refractivity contribution >= 4 is 11.6 Å². The van der Waals surface area contributed by atoms with Crippen molar-refractivity contribution < 1.29 is 9.53 Å². The average Bonchev–Trinajstić information content (AvgIpc) is 2.91. The predicted octanol–water partition coefficient (Wildman–Crippen LogP) is 0.927. The van der Waals surface area contributed by atoms with Crippen molar-refractivity contribution in [2.24, 2.45) is 5.73 Å². The summed E-state index contributed by atoms with van der Waals surface area (Å²) in [7, 11) is 1.57. The highest BCUT2D eigenvalue weighted by atomic mass is 16.5. The van der Waals surface area contributed by atoms with Gasteiger partial charge in [0, 0.05) is 30.1 Å². The van der Waals surface area contributed by atoms with Gasteiger partial charge >= 0.3 is 0 Å². The topological polar surface area (TPSA) is 93.0 Å². The second-order valence-electron chi connectivity index (χ2n) is 4.11. The number of carbonyl (C=O) groups is 1. The lowest BCUT2D eigenvalue weighted by Crippen LogP contribution is -2.37. The number of hydrogen-bond acceptors (Lipinski definition) is 4. The van der Waals surface area contributed by atoms with E-state index in [0.29, 0.717) is 17.9 Å². The van der Waals surface area contributed by atoms with Crippen LogP contribution in [0.3, 0.4) is 0 Å². The number of H-pyrrole nitrogens is 1. The Morgan fingerprint density at radius 2 is 2.42 bits per heavy atom. The van der Waals surface area contributed by atoms with Crippen LogP contribution in [0.15, 0.2) is 36.8 Å². The quantitative estimate of drug-likeness (QED) is 0.745. The van der Waals surface area contributed by atoms with Gasteiger partial charge in [-0.25, -0.2) is 4.98 Å². The zero-order valence-electron chi connectivity index (χ0n) is 10.6. The molecular formula is C13H16N4O2. The zero-order chi connectivity index (χ0) is 13.7. The third-order valence-corrected chi connectivity index (χ3v) is 2.67. The molecule has 6 nitrogen and oxygen atoms in total.